The zero-order valence-electron chi connectivity index (χ0n) is 13.6. The second kappa shape index (κ2) is 7.72. The van der Waals surface area contributed by atoms with E-state index in [4.69, 9.17) is 0 Å². The van der Waals surface area contributed by atoms with E-state index in [2.05, 4.69) is 48.1 Å². The van der Waals surface area contributed by atoms with Crippen molar-refractivity contribution in [3.63, 3.8) is 0 Å². The molecule has 1 fully saturated rings. The van der Waals surface area contributed by atoms with Crippen LogP contribution in [-0.4, -0.2) is 54.0 Å². The highest BCUT2D eigenvalue weighted by molar-refractivity contribution is 9.10. The van der Waals surface area contributed by atoms with Crippen LogP contribution in [0, 0.1) is 0 Å². The molecule has 1 aliphatic rings. The van der Waals surface area contributed by atoms with E-state index in [9.17, 15) is 4.79 Å². The quantitative estimate of drug-likeness (QED) is 0.865. The van der Waals surface area contributed by atoms with E-state index in [1.807, 2.05) is 12.1 Å². The first kappa shape index (κ1) is 16.9. The lowest BCUT2D eigenvalue weighted by atomic mass is 10.2. The summed E-state index contributed by atoms with van der Waals surface area (Å²) in [6, 6.07) is 5.68. The number of likely N-dealkylation sites (N-methyl/N-ethyl adjacent to an activating group) is 1. The minimum absolute atomic E-state index is 0.142. The standard InChI is InChI=1S/C17H20BrN5O/c1-22-5-7-23(8-6-22)16-13(3-2-4-20-16)11-21-17(24)14-9-15(18)12-19-10-14/h2-4,9-10,12H,5-8,11H2,1H3,(H,21,24). The van der Waals surface area contributed by atoms with E-state index in [-0.39, 0.29) is 5.91 Å². The van der Waals surface area contributed by atoms with Gasteiger partial charge in [-0.2, -0.15) is 0 Å². The molecule has 126 valence electrons. The Morgan fingerprint density at radius 1 is 1.29 bits per heavy atom. The molecule has 1 N–H and O–H groups in total. The van der Waals surface area contributed by atoms with Crippen molar-refractivity contribution in [2.45, 2.75) is 6.54 Å². The van der Waals surface area contributed by atoms with Gasteiger partial charge in [0, 0.05) is 61.4 Å². The molecule has 0 spiro atoms. The van der Waals surface area contributed by atoms with Crippen molar-refractivity contribution in [3.05, 3.63) is 52.4 Å². The number of pyridine rings is 2. The smallest absolute Gasteiger partial charge is 0.253 e. The van der Waals surface area contributed by atoms with Crippen LogP contribution in [0.3, 0.4) is 0 Å². The van der Waals surface area contributed by atoms with Gasteiger partial charge in [0.05, 0.1) is 5.56 Å². The minimum atomic E-state index is -0.142. The summed E-state index contributed by atoms with van der Waals surface area (Å²) in [6.45, 7) is 4.38. The minimum Gasteiger partial charge on any atom is -0.354 e. The second-order valence-electron chi connectivity index (χ2n) is 5.85. The monoisotopic (exact) mass is 389 g/mol. The SMILES string of the molecule is CN1CCN(c2ncccc2CNC(=O)c2cncc(Br)c2)CC1. The van der Waals surface area contributed by atoms with Gasteiger partial charge in [-0.15, -0.1) is 0 Å². The summed E-state index contributed by atoms with van der Waals surface area (Å²) in [7, 11) is 2.13. The number of piperazine rings is 1. The maximum atomic E-state index is 12.3. The number of halogens is 1. The number of nitrogens with zero attached hydrogens (tertiary/aromatic N) is 4. The summed E-state index contributed by atoms with van der Waals surface area (Å²) in [6.07, 6.45) is 5.02. The third kappa shape index (κ3) is 4.10. The van der Waals surface area contributed by atoms with Crippen molar-refractivity contribution in [3.8, 4) is 0 Å². The lowest BCUT2D eigenvalue weighted by molar-refractivity contribution is 0.0950. The Kier molecular flexibility index (Phi) is 5.42. The van der Waals surface area contributed by atoms with Gasteiger partial charge >= 0.3 is 0 Å². The first-order valence-electron chi connectivity index (χ1n) is 7.89. The first-order chi connectivity index (χ1) is 11.6. The van der Waals surface area contributed by atoms with Crippen LogP contribution in [0.2, 0.25) is 0 Å². The number of hydrogen-bond acceptors (Lipinski definition) is 5. The normalized spacial score (nSPS) is 15.3. The zero-order valence-corrected chi connectivity index (χ0v) is 15.2. The average Bonchev–Trinajstić information content (AvgIpc) is 2.61. The molecular formula is C17H20BrN5O. The van der Waals surface area contributed by atoms with Crippen molar-refractivity contribution in [2.24, 2.45) is 0 Å². The highest BCUT2D eigenvalue weighted by Crippen LogP contribution is 2.19. The van der Waals surface area contributed by atoms with Gasteiger partial charge in [-0.1, -0.05) is 6.07 Å². The Morgan fingerprint density at radius 3 is 2.83 bits per heavy atom. The number of aromatic nitrogens is 2. The molecule has 3 rings (SSSR count). The molecule has 0 aliphatic carbocycles. The van der Waals surface area contributed by atoms with E-state index in [1.54, 1.807) is 24.7 Å². The van der Waals surface area contributed by atoms with Crippen LogP contribution in [0.25, 0.3) is 0 Å². The van der Waals surface area contributed by atoms with Crippen molar-refractivity contribution in [1.82, 2.24) is 20.2 Å². The highest BCUT2D eigenvalue weighted by Gasteiger charge is 2.18. The number of hydrogen-bond donors (Lipinski definition) is 1. The summed E-state index contributed by atoms with van der Waals surface area (Å²) in [4.78, 5) is 25.4. The number of amides is 1. The van der Waals surface area contributed by atoms with Gasteiger partial charge in [0.1, 0.15) is 5.82 Å². The largest absolute Gasteiger partial charge is 0.354 e. The van der Waals surface area contributed by atoms with Gasteiger partial charge in [0.25, 0.3) is 5.91 Å². The Bertz CT molecular complexity index is 716. The molecule has 1 aliphatic heterocycles. The molecule has 0 atom stereocenters. The van der Waals surface area contributed by atoms with E-state index in [0.29, 0.717) is 12.1 Å². The van der Waals surface area contributed by atoms with Crippen molar-refractivity contribution in [1.29, 1.82) is 0 Å². The average molecular weight is 390 g/mol. The molecular weight excluding hydrogens is 370 g/mol. The van der Waals surface area contributed by atoms with E-state index in [0.717, 1.165) is 42.0 Å². The molecule has 2 aromatic rings. The maximum absolute atomic E-state index is 12.3. The number of nitrogens with one attached hydrogen (secondary N) is 1. The third-order valence-electron chi connectivity index (χ3n) is 4.08. The topological polar surface area (TPSA) is 61.4 Å². The molecule has 1 saturated heterocycles. The Morgan fingerprint density at radius 2 is 2.08 bits per heavy atom. The van der Waals surface area contributed by atoms with Gasteiger partial charge < -0.3 is 15.1 Å². The zero-order chi connectivity index (χ0) is 16.9. The fourth-order valence-corrected chi connectivity index (χ4v) is 3.05. The molecule has 0 saturated carbocycles. The van der Waals surface area contributed by atoms with Crippen LogP contribution >= 0.6 is 15.9 Å². The van der Waals surface area contributed by atoms with E-state index in [1.165, 1.54) is 0 Å². The number of carbonyl (C=O) groups is 1. The van der Waals surface area contributed by atoms with Crippen LogP contribution in [0.5, 0.6) is 0 Å². The van der Waals surface area contributed by atoms with Crippen molar-refractivity contribution < 1.29 is 4.79 Å². The fraction of sp³-hybridized carbons (Fsp3) is 0.353. The molecule has 0 unspecified atom stereocenters. The van der Waals surface area contributed by atoms with Gasteiger partial charge in [-0.05, 0) is 35.1 Å². The van der Waals surface area contributed by atoms with Crippen molar-refractivity contribution in [2.75, 3.05) is 38.1 Å². The van der Waals surface area contributed by atoms with Crippen LogP contribution in [0.1, 0.15) is 15.9 Å². The molecule has 6 nitrogen and oxygen atoms in total. The summed E-state index contributed by atoms with van der Waals surface area (Å²) < 4.78 is 0.787. The number of anilines is 1. The van der Waals surface area contributed by atoms with Crippen LogP contribution in [0.4, 0.5) is 5.82 Å². The summed E-state index contributed by atoms with van der Waals surface area (Å²) in [5, 5.41) is 2.95. The van der Waals surface area contributed by atoms with E-state index >= 15 is 0 Å². The van der Waals surface area contributed by atoms with Gasteiger partial charge in [0.15, 0.2) is 0 Å². The third-order valence-corrected chi connectivity index (χ3v) is 4.51. The Labute approximate surface area is 150 Å². The summed E-state index contributed by atoms with van der Waals surface area (Å²) in [5.74, 6) is 0.815. The Hall–Kier alpha value is -1.99. The second-order valence-corrected chi connectivity index (χ2v) is 6.77. The van der Waals surface area contributed by atoms with E-state index < -0.39 is 0 Å². The molecule has 24 heavy (non-hydrogen) atoms. The maximum Gasteiger partial charge on any atom is 0.253 e. The fourth-order valence-electron chi connectivity index (χ4n) is 2.68. The predicted octanol–water partition coefficient (Wildman–Crippen LogP) is 1.92. The summed E-state index contributed by atoms with van der Waals surface area (Å²) in [5.41, 5.74) is 1.56. The lowest BCUT2D eigenvalue weighted by Gasteiger charge is -2.34. The van der Waals surface area contributed by atoms with Crippen molar-refractivity contribution >= 4 is 27.7 Å². The molecule has 0 aromatic carbocycles. The van der Waals surface area contributed by atoms with Gasteiger partial charge in [0.2, 0.25) is 0 Å². The first-order valence-corrected chi connectivity index (χ1v) is 8.69. The molecule has 3 heterocycles. The van der Waals surface area contributed by atoms with Crippen LogP contribution in [-0.2, 0) is 6.54 Å². The Balaban J connectivity index is 1.68. The molecule has 0 bridgehead atoms. The molecule has 7 heteroatoms. The number of carbonyl (C=O) groups excluding carboxylic acids is 1. The van der Waals surface area contributed by atoms with Crippen LogP contribution in [0.15, 0.2) is 41.3 Å². The molecule has 0 radical (unpaired) electrons. The van der Waals surface area contributed by atoms with Gasteiger partial charge in [-0.3, -0.25) is 9.78 Å². The van der Waals surface area contributed by atoms with Gasteiger partial charge in [-0.25, -0.2) is 4.98 Å². The molecule has 1 amide bonds. The highest BCUT2D eigenvalue weighted by atomic mass is 79.9. The predicted molar refractivity (Wildman–Crippen MR) is 97.1 cm³/mol. The summed E-state index contributed by atoms with van der Waals surface area (Å²) >= 11 is 3.33. The lowest BCUT2D eigenvalue weighted by Crippen LogP contribution is -2.45. The molecule has 2 aromatic heterocycles. The number of rotatable bonds is 4. The van der Waals surface area contributed by atoms with Crippen LogP contribution < -0.4 is 10.2 Å².